The van der Waals surface area contributed by atoms with Gasteiger partial charge in [-0.05, 0) is 67.5 Å². The molecular formula is C24H29FN2O2. The second kappa shape index (κ2) is 8.85. The highest BCUT2D eigenvalue weighted by Gasteiger charge is 2.28. The number of piperazine rings is 1. The first kappa shape index (κ1) is 19.7. The number of carbonyl (C=O) groups is 1. The lowest BCUT2D eigenvalue weighted by molar-refractivity contribution is -0.139. The first-order valence-electron chi connectivity index (χ1n) is 10.7. The maximum atomic E-state index is 14.0. The Balaban J connectivity index is 1.37. The zero-order chi connectivity index (χ0) is 20.2. The summed E-state index contributed by atoms with van der Waals surface area (Å²) in [6, 6.07) is 13.1. The van der Waals surface area contributed by atoms with Gasteiger partial charge in [0.1, 0.15) is 11.6 Å². The standard InChI is InChI=1S/C24H29FN2O2/c1-2-23(29-20-12-11-18-7-3-4-8-19(18)17-20)24(28)27-15-13-26(14-16-27)22-10-6-5-9-21(22)25/h5-6,9-12,17,23H,2-4,7-8,13-16H2,1H3/t23-/m1/s1. The lowest BCUT2D eigenvalue weighted by Gasteiger charge is -2.37. The van der Waals surface area contributed by atoms with Crippen molar-refractivity contribution in [3.05, 3.63) is 59.4 Å². The first-order chi connectivity index (χ1) is 14.2. The van der Waals surface area contributed by atoms with Gasteiger partial charge >= 0.3 is 0 Å². The summed E-state index contributed by atoms with van der Waals surface area (Å²) in [6.45, 7) is 4.40. The summed E-state index contributed by atoms with van der Waals surface area (Å²) in [6.07, 6.45) is 4.86. The molecule has 0 radical (unpaired) electrons. The van der Waals surface area contributed by atoms with Crippen LogP contribution >= 0.6 is 0 Å². The summed E-state index contributed by atoms with van der Waals surface area (Å²) >= 11 is 0. The molecule has 4 rings (SSSR count). The van der Waals surface area contributed by atoms with Crippen molar-refractivity contribution in [1.29, 1.82) is 0 Å². The van der Waals surface area contributed by atoms with E-state index in [1.165, 1.54) is 30.0 Å². The second-order valence-electron chi connectivity index (χ2n) is 7.92. The summed E-state index contributed by atoms with van der Waals surface area (Å²) < 4.78 is 20.1. The monoisotopic (exact) mass is 396 g/mol. The molecule has 1 saturated heterocycles. The van der Waals surface area contributed by atoms with E-state index in [1.807, 2.05) is 28.9 Å². The number of ether oxygens (including phenoxy) is 1. The van der Waals surface area contributed by atoms with Gasteiger partial charge in [0.05, 0.1) is 5.69 Å². The van der Waals surface area contributed by atoms with Crippen molar-refractivity contribution in [2.45, 2.75) is 45.1 Å². The molecule has 0 spiro atoms. The van der Waals surface area contributed by atoms with Crippen molar-refractivity contribution in [2.75, 3.05) is 31.1 Å². The SMILES string of the molecule is CC[C@@H](Oc1ccc2c(c1)CCCC2)C(=O)N1CCN(c2ccccc2F)CC1. The average Bonchev–Trinajstić information content (AvgIpc) is 2.77. The summed E-state index contributed by atoms with van der Waals surface area (Å²) in [5.74, 6) is 0.601. The van der Waals surface area contributed by atoms with Gasteiger partial charge in [-0.1, -0.05) is 25.1 Å². The molecule has 0 unspecified atom stereocenters. The minimum Gasteiger partial charge on any atom is -0.481 e. The lowest BCUT2D eigenvalue weighted by Crippen LogP contribution is -2.52. The number of anilines is 1. The fourth-order valence-electron chi connectivity index (χ4n) is 4.34. The van der Waals surface area contributed by atoms with Crippen molar-refractivity contribution in [2.24, 2.45) is 0 Å². The van der Waals surface area contributed by atoms with E-state index in [0.717, 1.165) is 18.6 Å². The Morgan fingerprint density at radius 3 is 2.48 bits per heavy atom. The Kier molecular flexibility index (Phi) is 6.02. The van der Waals surface area contributed by atoms with E-state index in [2.05, 4.69) is 12.1 Å². The lowest BCUT2D eigenvalue weighted by atomic mass is 9.92. The number of aryl methyl sites for hydroxylation is 2. The van der Waals surface area contributed by atoms with E-state index < -0.39 is 6.10 Å². The third-order valence-electron chi connectivity index (χ3n) is 6.03. The Bertz CT molecular complexity index is 862. The molecule has 2 aliphatic rings. The molecule has 29 heavy (non-hydrogen) atoms. The summed E-state index contributed by atoms with van der Waals surface area (Å²) in [5.41, 5.74) is 3.37. The average molecular weight is 397 g/mol. The van der Waals surface area contributed by atoms with Crippen LogP contribution in [0.2, 0.25) is 0 Å². The Hall–Kier alpha value is -2.56. The van der Waals surface area contributed by atoms with Gasteiger partial charge in [-0.25, -0.2) is 4.39 Å². The molecule has 1 aliphatic carbocycles. The summed E-state index contributed by atoms with van der Waals surface area (Å²) in [5, 5.41) is 0. The van der Waals surface area contributed by atoms with Gasteiger partial charge in [-0.3, -0.25) is 4.79 Å². The fraction of sp³-hybridized carbons (Fsp3) is 0.458. The maximum absolute atomic E-state index is 14.0. The van der Waals surface area contributed by atoms with Gasteiger partial charge in [0, 0.05) is 26.2 Å². The van der Waals surface area contributed by atoms with Crippen molar-refractivity contribution in [3.63, 3.8) is 0 Å². The summed E-state index contributed by atoms with van der Waals surface area (Å²) in [7, 11) is 0. The predicted molar refractivity (Wildman–Crippen MR) is 113 cm³/mol. The number of carbonyl (C=O) groups excluding carboxylic acids is 1. The van der Waals surface area contributed by atoms with Gasteiger partial charge in [-0.2, -0.15) is 0 Å². The third kappa shape index (κ3) is 4.39. The van der Waals surface area contributed by atoms with Gasteiger partial charge in [0.2, 0.25) is 0 Å². The largest absolute Gasteiger partial charge is 0.481 e. The molecule has 1 heterocycles. The van der Waals surface area contributed by atoms with Crippen LogP contribution in [0.25, 0.3) is 0 Å². The maximum Gasteiger partial charge on any atom is 0.263 e. The highest BCUT2D eigenvalue weighted by atomic mass is 19.1. The minimum atomic E-state index is -0.475. The highest BCUT2D eigenvalue weighted by molar-refractivity contribution is 5.81. The number of benzene rings is 2. The number of para-hydroxylation sites is 1. The zero-order valence-corrected chi connectivity index (χ0v) is 17.1. The normalized spacial score (nSPS) is 17.6. The molecule has 2 aromatic rings. The van der Waals surface area contributed by atoms with E-state index in [9.17, 15) is 9.18 Å². The molecule has 1 aliphatic heterocycles. The highest BCUT2D eigenvalue weighted by Crippen LogP contribution is 2.27. The number of fused-ring (bicyclic) bond motifs is 1. The van der Waals surface area contributed by atoms with E-state index in [-0.39, 0.29) is 11.7 Å². The van der Waals surface area contributed by atoms with E-state index in [0.29, 0.717) is 38.3 Å². The molecular weight excluding hydrogens is 367 g/mol. The number of amides is 1. The van der Waals surface area contributed by atoms with Crippen LogP contribution in [0.3, 0.4) is 0 Å². The third-order valence-corrected chi connectivity index (χ3v) is 6.03. The quantitative estimate of drug-likeness (QED) is 0.759. The summed E-state index contributed by atoms with van der Waals surface area (Å²) in [4.78, 5) is 16.9. The van der Waals surface area contributed by atoms with Crippen molar-refractivity contribution >= 4 is 11.6 Å². The number of hydrogen-bond donors (Lipinski definition) is 0. The fourth-order valence-corrected chi connectivity index (χ4v) is 4.34. The van der Waals surface area contributed by atoms with Crippen LogP contribution in [0.15, 0.2) is 42.5 Å². The topological polar surface area (TPSA) is 32.8 Å². The molecule has 1 amide bonds. The van der Waals surface area contributed by atoms with Crippen molar-refractivity contribution < 1.29 is 13.9 Å². The van der Waals surface area contributed by atoms with Crippen LogP contribution in [0.4, 0.5) is 10.1 Å². The van der Waals surface area contributed by atoms with Crippen LogP contribution in [0, 0.1) is 5.82 Å². The van der Waals surface area contributed by atoms with Crippen LogP contribution in [-0.4, -0.2) is 43.1 Å². The van der Waals surface area contributed by atoms with Gasteiger partial charge < -0.3 is 14.5 Å². The molecule has 4 nitrogen and oxygen atoms in total. The Morgan fingerprint density at radius 1 is 1.03 bits per heavy atom. The van der Waals surface area contributed by atoms with Gasteiger partial charge in [0.15, 0.2) is 6.10 Å². The number of halogens is 1. The van der Waals surface area contributed by atoms with E-state index in [1.54, 1.807) is 12.1 Å². The number of rotatable bonds is 5. The van der Waals surface area contributed by atoms with E-state index in [4.69, 9.17) is 4.74 Å². The van der Waals surface area contributed by atoms with Crippen LogP contribution in [0.5, 0.6) is 5.75 Å². The molecule has 2 aromatic carbocycles. The smallest absolute Gasteiger partial charge is 0.263 e. The molecule has 5 heteroatoms. The van der Waals surface area contributed by atoms with Crippen molar-refractivity contribution in [1.82, 2.24) is 4.90 Å². The van der Waals surface area contributed by atoms with E-state index >= 15 is 0 Å². The van der Waals surface area contributed by atoms with Crippen LogP contribution in [-0.2, 0) is 17.6 Å². The molecule has 0 saturated carbocycles. The number of nitrogens with zero attached hydrogens (tertiary/aromatic N) is 2. The second-order valence-corrected chi connectivity index (χ2v) is 7.92. The molecule has 154 valence electrons. The van der Waals surface area contributed by atoms with Crippen LogP contribution in [0.1, 0.15) is 37.3 Å². The first-order valence-corrected chi connectivity index (χ1v) is 10.7. The predicted octanol–water partition coefficient (Wildman–Crippen LogP) is 4.21. The van der Waals surface area contributed by atoms with Gasteiger partial charge in [-0.15, -0.1) is 0 Å². The van der Waals surface area contributed by atoms with Gasteiger partial charge in [0.25, 0.3) is 5.91 Å². The molecule has 1 atom stereocenters. The zero-order valence-electron chi connectivity index (χ0n) is 17.1. The molecule has 1 fully saturated rings. The Labute approximate surface area is 172 Å². The minimum absolute atomic E-state index is 0.0263. The molecule has 0 bridgehead atoms. The Morgan fingerprint density at radius 2 is 1.76 bits per heavy atom. The van der Waals surface area contributed by atoms with Crippen molar-refractivity contribution in [3.8, 4) is 5.75 Å². The molecule has 0 N–H and O–H groups in total. The number of hydrogen-bond acceptors (Lipinski definition) is 3. The molecule has 0 aromatic heterocycles. The van der Waals surface area contributed by atoms with Crippen LogP contribution < -0.4 is 9.64 Å².